The molecule has 0 fully saturated rings. The van der Waals surface area contributed by atoms with E-state index in [1.165, 1.54) is 0 Å². The van der Waals surface area contributed by atoms with E-state index < -0.39 is 11.9 Å². The number of rotatable bonds is 2. The summed E-state index contributed by atoms with van der Waals surface area (Å²) in [6, 6.07) is 3.45. The van der Waals surface area contributed by atoms with Crippen molar-refractivity contribution < 1.29 is 9.90 Å². The Hall–Kier alpha value is -1.09. The first-order valence-corrected chi connectivity index (χ1v) is 4.26. The van der Waals surface area contributed by atoms with Crippen molar-refractivity contribution >= 4 is 17.6 Å². The van der Waals surface area contributed by atoms with E-state index in [0.717, 1.165) is 5.56 Å². The van der Waals surface area contributed by atoms with Gasteiger partial charge in [0.25, 0.3) is 0 Å². The first-order chi connectivity index (χ1) is 6.02. The molecule has 1 rings (SSSR count). The molecule has 0 saturated carbocycles. The Kier molecular flexibility index (Phi) is 2.88. The summed E-state index contributed by atoms with van der Waals surface area (Å²) in [7, 11) is 0. The fraction of sp³-hybridized carbons (Fsp3) is 0.333. The van der Waals surface area contributed by atoms with Gasteiger partial charge in [0.2, 0.25) is 0 Å². The Morgan fingerprint density at radius 2 is 2.23 bits per heavy atom. The van der Waals surface area contributed by atoms with E-state index in [0.29, 0.717) is 10.8 Å². The molecular formula is C9H10ClNO2. The van der Waals surface area contributed by atoms with Gasteiger partial charge >= 0.3 is 5.97 Å². The van der Waals surface area contributed by atoms with Crippen molar-refractivity contribution in [2.75, 3.05) is 0 Å². The van der Waals surface area contributed by atoms with Crippen molar-refractivity contribution in [3.63, 3.8) is 0 Å². The van der Waals surface area contributed by atoms with Gasteiger partial charge in [0.05, 0.1) is 11.6 Å². The molecule has 0 spiro atoms. The molecular weight excluding hydrogens is 190 g/mol. The maximum absolute atomic E-state index is 10.6. The third kappa shape index (κ3) is 2.18. The van der Waals surface area contributed by atoms with Crippen LogP contribution >= 0.6 is 11.6 Å². The third-order valence-corrected chi connectivity index (χ3v) is 2.25. The van der Waals surface area contributed by atoms with Crippen molar-refractivity contribution in [3.05, 3.63) is 28.5 Å². The molecule has 70 valence electrons. The average Bonchev–Trinajstić information content (AvgIpc) is 2.08. The highest BCUT2D eigenvalue weighted by atomic mass is 35.5. The molecule has 0 radical (unpaired) electrons. The summed E-state index contributed by atoms with van der Waals surface area (Å²) in [5, 5.41) is 9.08. The zero-order chi connectivity index (χ0) is 10.0. The molecule has 1 atom stereocenters. The third-order valence-electron chi connectivity index (χ3n) is 1.87. The largest absolute Gasteiger partial charge is 0.481 e. The predicted octanol–water partition coefficient (Wildman–Crippen LogP) is 2.23. The standard InChI is InChI=1S/C9H10ClNO2/c1-5-3-4-7(11-8(5)10)6(2)9(12)13/h3-4,6H,1-2H3,(H,12,13). The zero-order valence-electron chi connectivity index (χ0n) is 7.41. The van der Waals surface area contributed by atoms with E-state index in [9.17, 15) is 4.79 Å². The Morgan fingerprint density at radius 3 is 2.69 bits per heavy atom. The summed E-state index contributed by atoms with van der Waals surface area (Å²) in [4.78, 5) is 14.6. The normalized spacial score (nSPS) is 12.5. The number of hydrogen-bond acceptors (Lipinski definition) is 2. The highest BCUT2D eigenvalue weighted by molar-refractivity contribution is 6.30. The number of carboxylic acids is 1. The number of carboxylic acid groups (broad SMARTS) is 1. The zero-order valence-corrected chi connectivity index (χ0v) is 8.17. The topological polar surface area (TPSA) is 50.2 Å². The van der Waals surface area contributed by atoms with Gasteiger partial charge in [-0.2, -0.15) is 0 Å². The van der Waals surface area contributed by atoms with Crippen molar-refractivity contribution in [3.8, 4) is 0 Å². The van der Waals surface area contributed by atoms with Crippen molar-refractivity contribution in [2.45, 2.75) is 19.8 Å². The van der Waals surface area contributed by atoms with E-state index >= 15 is 0 Å². The number of carbonyl (C=O) groups is 1. The van der Waals surface area contributed by atoms with E-state index in [-0.39, 0.29) is 0 Å². The van der Waals surface area contributed by atoms with Crippen molar-refractivity contribution in [1.82, 2.24) is 4.98 Å². The predicted molar refractivity (Wildman–Crippen MR) is 50.0 cm³/mol. The molecule has 1 heterocycles. The van der Waals surface area contributed by atoms with Gasteiger partial charge in [-0.15, -0.1) is 0 Å². The monoisotopic (exact) mass is 199 g/mol. The second-order valence-electron chi connectivity index (χ2n) is 2.90. The van der Waals surface area contributed by atoms with Gasteiger partial charge in [0.15, 0.2) is 0 Å². The van der Waals surface area contributed by atoms with Crippen LogP contribution in [0.3, 0.4) is 0 Å². The van der Waals surface area contributed by atoms with Crippen molar-refractivity contribution in [1.29, 1.82) is 0 Å². The molecule has 0 aromatic carbocycles. The van der Waals surface area contributed by atoms with Gasteiger partial charge in [-0.05, 0) is 25.5 Å². The minimum atomic E-state index is -0.896. The van der Waals surface area contributed by atoms with Crippen LogP contribution in [-0.2, 0) is 4.79 Å². The number of hydrogen-bond donors (Lipinski definition) is 1. The number of nitrogens with zero attached hydrogens (tertiary/aromatic N) is 1. The lowest BCUT2D eigenvalue weighted by molar-refractivity contribution is -0.138. The molecule has 4 heteroatoms. The van der Waals surface area contributed by atoms with Gasteiger partial charge in [-0.1, -0.05) is 17.7 Å². The first-order valence-electron chi connectivity index (χ1n) is 3.88. The summed E-state index contributed by atoms with van der Waals surface area (Å²) in [5.74, 6) is -1.51. The summed E-state index contributed by atoms with van der Waals surface area (Å²) in [5.41, 5.74) is 1.34. The number of aryl methyl sites for hydroxylation is 1. The van der Waals surface area contributed by atoms with Gasteiger partial charge in [0, 0.05) is 0 Å². The molecule has 3 nitrogen and oxygen atoms in total. The number of pyridine rings is 1. The first kappa shape index (κ1) is 9.99. The molecule has 1 aromatic rings. The van der Waals surface area contributed by atoms with Crippen LogP contribution in [0.1, 0.15) is 24.1 Å². The maximum atomic E-state index is 10.6. The quantitative estimate of drug-likeness (QED) is 0.744. The molecule has 0 aliphatic carbocycles. The van der Waals surface area contributed by atoms with Crippen LogP contribution in [0.5, 0.6) is 0 Å². The second kappa shape index (κ2) is 3.75. The Bertz CT molecular complexity index is 338. The smallest absolute Gasteiger partial charge is 0.312 e. The molecule has 0 saturated heterocycles. The van der Waals surface area contributed by atoms with Gasteiger partial charge in [-0.3, -0.25) is 4.79 Å². The molecule has 0 amide bonds. The van der Waals surface area contributed by atoms with Crippen LogP contribution in [0.15, 0.2) is 12.1 Å². The minimum absolute atomic E-state index is 0.366. The molecule has 1 unspecified atom stereocenters. The Morgan fingerprint density at radius 1 is 1.62 bits per heavy atom. The van der Waals surface area contributed by atoms with Crippen LogP contribution in [-0.4, -0.2) is 16.1 Å². The summed E-state index contributed by atoms with van der Waals surface area (Å²) in [6.45, 7) is 3.40. The molecule has 0 aliphatic heterocycles. The lowest BCUT2D eigenvalue weighted by Gasteiger charge is -2.06. The van der Waals surface area contributed by atoms with Crippen LogP contribution in [0.25, 0.3) is 0 Å². The Labute approximate surface area is 81.4 Å². The molecule has 1 aromatic heterocycles. The Balaban J connectivity index is 3.03. The summed E-state index contributed by atoms with van der Waals surface area (Å²) in [6.07, 6.45) is 0. The van der Waals surface area contributed by atoms with Crippen LogP contribution < -0.4 is 0 Å². The summed E-state index contributed by atoms with van der Waals surface area (Å²) < 4.78 is 0. The fourth-order valence-electron chi connectivity index (χ4n) is 0.886. The molecule has 0 aliphatic rings. The van der Waals surface area contributed by atoms with E-state index in [1.54, 1.807) is 19.1 Å². The van der Waals surface area contributed by atoms with Crippen LogP contribution in [0.4, 0.5) is 0 Å². The molecule has 13 heavy (non-hydrogen) atoms. The number of halogens is 1. The molecule has 0 bridgehead atoms. The average molecular weight is 200 g/mol. The van der Waals surface area contributed by atoms with Crippen LogP contribution in [0, 0.1) is 6.92 Å². The van der Waals surface area contributed by atoms with Crippen molar-refractivity contribution in [2.24, 2.45) is 0 Å². The van der Waals surface area contributed by atoms with E-state index in [2.05, 4.69) is 4.98 Å². The van der Waals surface area contributed by atoms with E-state index in [4.69, 9.17) is 16.7 Å². The highest BCUT2D eigenvalue weighted by Crippen LogP contribution is 2.18. The summed E-state index contributed by atoms with van der Waals surface area (Å²) >= 11 is 5.76. The number of aliphatic carboxylic acids is 1. The minimum Gasteiger partial charge on any atom is -0.481 e. The van der Waals surface area contributed by atoms with Crippen LogP contribution in [0.2, 0.25) is 5.15 Å². The van der Waals surface area contributed by atoms with Gasteiger partial charge in [-0.25, -0.2) is 4.98 Å². The maximum Gasteiger partial charge on any atom is 0.312 e. The highest BCUT2D eigenvalue weighted by Gasteiger charge is 2.15. The fourth-order valence-corrected chi connectivity index (χ4v) is 1.05. The van der Waals surface area contributed by atoms with Gasteiger partial charge < -0.3 is 5.11 Å². The van der Waals surface area contributed by atoms with Gasteiger partial charge in [0.1, 0.15) is 5.15 Å². The molecule has 1 N–H and O–H groups in total. The van der Waals surface area contributed by atoms with E-state index in [1.807, 2.05) is 6.92 Å². The second-order valence-corrected chi connectivity index (χ2v) is 3.26. The number of aromatic nitrogens is 1. The lowest BCUT2D eigenvalue weighted by Crippen LogP contribution is -2.09. The SMILES string of the molecule is Cc1ccc(C(C)C(=O)O)nc1Cl. The lowest BCUT2D eigenvalue weighted by atomic mass is 10.1.